The van der Waals surface area contributed by atoms with Crippen LogP contribution in [0.1, 0.15) is 75.8 Å². The lowest BCUT2D eigenvalue weighted by Gasteiger charge is -2.14. The summed E-state index contributed by atoms with van der Waals surface area (Å²) in [5, 5.41) is 0. The standard InChI is InChI=1S/C19H26O3/c1-18(2,3)16-11-8-13(21-16)7-9-14(20)15-10-12-17(22-15)19(4,5)6/h8,10-12H,7,9H2,1-6H3. The fourth-order valence-electron chi connectivity index (χ4n) is 2.17. The molecule has 0 saturated carbocycles. The zero-order valence-electron chi connectivity index (χ0n) is 14.4. The smallest absolute Gasteiger partial charge is 0.198 e. The lowest BCUT2D eigenvalue weighted by atomic mass is 9.94. The van der Waals surface area contributed by atoms with Crippen molar-refractivity contribution in [1.29, 1.82) is 0 Å². The number of hydrogen-bond donors (Lipinski definition) is 0. The van der Waals surface area contributed by atoms with Crippen LogP contribution in [0.25, 0.3) is 0 Å². The molecule has 0 saturated heterocycles. The maximum absolute atomic E-state index is 12.2. The number of aryl methyl sites for hydroxylation is 1. The summed E-state index contributed by atoms with van der Waals surface area (Å²) in [5.41, 5.74) is -0.0912. The van der Waals surface area contributed by atoms with Gasteiger partial charge in [0.05, 0.1) is 0 Å². The van der Waals surface area contributed by atoms with E-state index >= 15 is 0 Å². The zero-order chi connectivity index (χ0) is 16.5. The average Bonchev–Trinajstić information content (AvgIpc) is 3.03. The molecule has 0 unspecified atom stereocenters. The number of Topliss-reactive ketones (excluding diaryl/α,β-unsaturated/α-hetero) is 1. The largest absolute Gasteiger partial charge is 0.466 e. The molecule has 0 spiro atoms. The van der Waals surface area contributed by atoms with E-state index in [0.717, 1.165) is 17.3 Å². The summed E-state index contributed by atoms with van der Waals surface area (Å²) >= 11 is 0. The van der Waals surface area contributed by atoms with Crippen LogP contribution in [0.5, 0.6) is 0 Å². The van der Waals surface area contributed by atoms with Crippen LogP contribution in [0, 0.1) is 0 Å². The van der Waals surface area contributed by atoms with E-state index in [1.807, 2.05) is 18.2 Å². The maximum atomic E-state index is 12.2. The Labute approximate surface area is 132 Å². The predicted molar refractivity (Wildman–Crippen MR) is 87.5 cm³/mol. The molecular weight excluding hydrogens is 276 g/mol. The first-order valence-electron chi connectivity index (χ1n) is 7.80. The Kier molecular flexibility index (Phi) is 4.37. The summed E-state index contributed by atoms with van der Waals surface area (Å²) in [6, 6.07) is 7.60. The molecule has 0 N–H and O–H groups in total. The molecule has 2 aromatic heterocycles. The van der Waals surface area contributed by atoms with Crippen molar-refractivity contribution in [2.45, 2.75) is 65.2 Å². The van der Waals surface area contributed by atoms with Gasteiger partial charge in [0, 0.05) is 23.7 Å². The van der Waals surface area contributed by atoms with E-state index in [1.165, 1.54) is 0 Å². The first-order valence-corrected chi connectivity index (χ1v) is 7.80. The molecule has 2 rings (SSSR count). The van der Waals surface area contributed by atoms with Crippen molar-refractivity contribution in [2.24, 2.45) is 0 Å². The van der Waals surface area contributed by atoms with E-state index in [-0.39, 0.29) is 16.6 Å². The summed E-state index contributed by atoms with van der Waals surface area (Å²) in [7, 11) is 0. The topological polar surface area (TPSA) is 43.4 Å². The molecule has 0 aliphatic carbocycles. The minimum atomic E-state index is -0.0822. The monoisotopic (exact) mass is 302 g/mol. The molecule has 0 bridgehead atoms. The minimum absolute atomic E-state index is 0.00905. The van der Waals surface area contributed by atoms with Crippen molar-refractivity contribution >= 4 is 5.78 Å². The number of ketones is 1. The van der Waals surface area contributed by atoms with Gasteiger partial charge < -0.3 is 8.83 Å². The van der Waals surface area contributed by atoms with Crippen molar-refractivity contribution in [3.8, 4) is 0 Å². The molecule has 0 fully saturated rings. The van der Waals surface area contributed by atoms with Crippen LogP contribution in [0.15, 0.2) is 33.1 Å². The molecule has 22 heavy (non-hydrogen) atoms. The fraction of sp³-hybridized carbons (Fsp3) is 0.526. The van der Waals surface area contributed by atoms with E-state index in [0.29, 0.717) is 18.6 Å². The van der Waals surface area contributed by atoms with Gasteiger partial charge in [-0.25, -0.2) is 0 Å². The first-order chi connectivity index (χ1) is 10.1. The van der Waals surface area contributed by atoms with E-state index in [9.17, 15) is 4.79 Å². The van der Waals surface area contributed by atoms with Crippen LogP contribution in [-0.4, -0.2) is 5.78 Å². The highest BCUT2D eigenvalue weighted by Crippen LogP contribution is 2.26. The van der Waals surface area contributed by atoms with Crippen LogP contribution >= 0.6 is 0 Å². The molecule has 0 aliphatic rings. The highest BCUT2D eigenvalue weighted by Gasteiger charge is 2.21. The van der Waals surface area contributed by atoms with Gasteiger partial charge in [-0.3, -0.25) is 4.79 Å². The van der Waals surface area contributed by atoms with Crippen molar-refractivity contribution in [3.63, 3.8) is 0 Å². The van der Waals surface area contributed by atoms with Gasteiger partial charge in [0.25, 0.3) is 0 Å². The van der Waals surface area contributed by atoms with Crippen LogP contribution in [-0.2, 0) is 17.3 Å². The quantitative estimate of drug-likeness (QED) is 0.721. The number of carbonyl (C=O) groups is 1. The third-order valence-corrected chi connectivity index (χ3v) is 3.62. The highest BCUT2D eigenvalue weighted by molar-refractivity contribution is 5.93. The van der Waals surface area contributed by atoms with Crippen molar-refractivity contribution in [2.75, 3.05) is 0 Å². The normalized spacial score (nSPS) is 12.6. The van der Waals surface area contributed by atoms with Crippen LogP contribution in [0.4, 0.5) is 0 Å². The van der Waals surface area contributed by atoms with Gasteiger partial charge in [-0.1, -0.05) is 41.5 Å². The van der Waals surface area contributed by atoms with Crippen molar-refractivity contribution in [1.82, 2.24) is 0 Å². The van der Waals surface area contributed by atoms with Gasteiger partial charge >= 0.3 is 0 Å². The fourth-order valence-corrected chi connectivity index (χ4v) is 2.17. The van der Waals surface area contributed by atoms with Crippen molar-refractivity contribution < 1.29 is 13.6 Å². The number of furan rings is 2. The Hall–Kier alpha value is -1.77. The molecule has 2 heterocycles. The van der Waals surface area contributed by atoms with E-state index in [1.54, 1.807) is 6.07 Å². The number of carbonyl (C=O) groups excluding carboxylic acids is 1. The van der Waals surface area contributed by atoms with Gasteiger partial charge in [-0.2, -0.15) is 0 Å². The molecule has 3 heteroatoms. The van der Waals surface area contributed by atoms with Gasteiger partial charge in [-0.15, -0.1) is 0 Å². The first kappa shape index (κ1) is 16.6. The molecule has 120 valence electrons. The van der Waals surface area contributed by atoms with E-state index < -0.39 is 0 Å². The second-order valence-electron chi connectivity index (χ2n) is 7.85. The second-order valence-corrected chi connectivity index (χ2v) is 7.85. The lowest BCUT2D eigenvalue weighted by molar-refractivity contribution is 0.0950. The van der Waals surface area contributed by atoms with Crippen molar-refractivity contribution in [3.05, 3.63) is 47.3 Å². The SMILES string of the molecule is CC(C)(C)c1ccc(CCC(=O)c2ccc(C(C)(C)C)o2)o1. The Morgan fingerprint density at radius 3 is 1.91 bits per heavy atom. The van der Waals surface area contributed by atoms with Crippen LogP contribution in [0.3, 0.4) is 0 Å². The summed E-state index contributed by atoms with van der Waals surface area (Å²) in [6.45, 7) is 12.5. The molecule has 2 aromatic rings. The Balaban J connectivity index is 1.98. The number of hydrogen-bond acceptors (Lipinski definition) is 3. The second kappa shape index (κ2) is 5.79. The van der Waals surface area contributed by atoms with Gasteiger partial charge in [0.1, 0.15) is 17.3 Å². The summed E-state index contributed by atoms with van der Waals surface area (Å²) in [5.74, 6) is 3.09. The van der Waals surface area contributed by atoms with E-state index in [2.05, 4.69) is 41.5 Å². The molecule has 0 atom stereocenters. The molecular formula is C19H26O3. The third-order valence-electron chi connectivity index (χ3n) is 3.62. The summed E-state index contributed by atoms with van der Waals surface area (Å²) < 4.78 is 11.5. The van der Waals surface area contributed by atoms with Gasteiger partial charge in [0.15, 0.2) is 11.5 Å². The minimum Gasteiger partial charge on any atom is -0.466 e. The summed E-state index contributed by atoms with van der Waals surface area (Å²) in [4.78, 5) is 12.2. The molecule has 0 radical (unpaired) electrons. The Bertz CT molecular complexity index is 645. The molecule has 3 nitrogen and oxygen atoms in total. The molecule has 0 aromatic carbocycles. The zero-order valence-corrected chi connectivity index (χ0v) is 14.4. The van der Waals surface area contributed by atoms with Crippen LogP contribution in [0.2, 0.25) is 0 Å². The molecule has 0 amide bonds. The third kappa shape index (κ3) is 3.90. The number of rotatable bonds is 4. The molecule has 0 aliphatic heterocycles. The maximum Gasteiger partial charge on any atom is 0.198 e. The Morgan fingerprint density at radius 2 is 1.41 bits per heavy atom. The Morgan fingerprint density at radius 1 is 0.864 bits per heavy atom. The highest BCUT2D eigenvalue weighted by atomic mass is 16.4. The van der Waals surface area contributed by atoms with Gasteiger partial charge in [0.2, 0.25) is 0 Å². The predicted octanol–water partition coefficient (Wildman–Crippen LogP) is 5.28. The average molecular weight is 302 g/mol. The van der Waals surface area contributed by atoms with E-state index in [4.69, 9.17) is 8.83 Å². The summed E-state index contributed by atoms with van der Waals surface area (Å²) in [6.07, 6.45) is 0.995. The van der Waals surface area contributed by atoms with Gasteiger partial charge in [-0.05, 0) is 24.3 Å². The van der Waals surface area contributed by atoms with Crippen LogP contribution < -0.4 is 0 Å². The lowest BCUT2D eigenvalue weighted by Crippen LogP contribution is -2.09.